The first-order valence-corrected chi connectivity index (χ1v) is 6.62. The second kappa shape index (κ2) is 4.90. The molecular formula is C10H14FNO3S. The van der Waals surface area contributed by atoms with Crippen molar-refractivity contribution < 1.29 is 17.9 Å². The minimum absolute atomic E-state index is 0.351. The van der Waals surface area contributed by atoms with Gasteiger partial charge in [0.25, 0.3) is 0 Å². The van der Waals surface area contributed by atoms with Gasteiger partial charge in [0.15, 0.2) is 9.84 Å². The first-order chi connectivity index (χ1) is 7.36. The summed E-state index contributed by atoms with van der Waals surface area (Å²) in [6.45, 7) is -0.587. The van der Waals surface area contributed by atoms with E-state index >= 15 is 0 Å². The average Bonchev–Trinajstić information content (AvgIpc) is 2.16. The van der Waals surface area contributed by atoms with Crippen LogP contribution in [0, 0.1) is 5.82 Å². The molecule has 0 unspecified atom stereocenters. The molecule has 1 rings (SSSR count). The van der Waals surface area contributed by atoms with Gasteiger partial charge in [-0.2, -0.15) is 0 Å². The number of aliphatic hydroxyl groups excluding tert-OH is 1. The molecule has 0 radical (unpaired) electrons. The highest BCUT2D eigenvalue weighted by molar-refractivity contribution is 7.91. The van der Waals surface area contributed by atoms with E-state index in [0.717, 1.165) is 6.26 Å². The van der Waals surface area contributed by atoms with Gasteiger partial charge in [-0.1, -0.05) is 12.1 Å². The van der Waals surface area contributed by atoms with E-state index in [4.69, 9.17) is 10.8 Å². The molecular weight excluding hydrogens is 233 g/mol. The Labute approximate surface area is 93.8 Å². The van der Waals surface area contributed by atoms with Crippen molar-refractivity contribution in [2.45, 2.75) is 11.3 Å². The first kappa shape index (κ1) is 13.1. The average molecular weight is 247 g/mol. The summed E-state index contributed by atoms with van der Waals surface area (Å²) in [4.78, 5) is 0. The van der Waals surface area contributed by atoms with Gasteiger partial charge in [0, 0.05) is 12.3 Å². The molecule has 0 aromatic heterocycles. The maximum atomic E-state index is 12.9. The van der Waals surface area contributed by atoms with Crippen LogP contribution in [0.4, 0.5) is 4.39 Å². The molecule has 0 fully saturated rings. The fourth-order valence-electron chi connectivity index (χ4n) is 1.44. The number of aliphatic hydroxyl groups is 1. The standard InChI is InChI=1S/C10H14FNO3S/c1-16(14,15)9(6-13)10(12)7-3-2-4-8(11)5-7/h2-5,9-10,13H,6,12H2,1H3/t9-,10+/m0/s1. The van der Waals surface area contributed by atoms with E-state index in [1.54, 1.807) is 0 Å². The van der Waals surface area contributed by atoms with Crippen molar-refractivity contribution in [1.82, 2.24) is 0 Å². The van der Waals surface area contributed by atoms with Gasteiger partial charge in [-0.15, -0.1) is 0 Å². The molecule has 4 nitrogen and oxygen atoms in total. The molecule has 0 saturated heterocycles. The monoisotopic (exact) mass is 247 g/mol. The van der Waals surface area contributed by atoms with Crippen molar-refractivity contribution in [2.24, 2.45) is 5.73 Å². The van der Waals surface area contributed by atoms with Gasteiger partial charge in [-0.3, -0.25) is 0 Å². The highest BCUT2D eigenvalue weighted by atomic mass is 32.2. The molecule has 0 saturated carbocycles. The van der Waals surface area contributed by atoms with Crippen LogP contribution in [-0.2, 0) is 9.84 Å². The van der Waals surface area contributed by atoms with Gasteiger partial charge in [-0.25, -0.2) is 12.8 Å². The van der Waals surface area contributed by atoms with Crippen molar-refractivity contribution >= 4 is 9.84 Å². The Hall–Kier alpha value is -0.980. The summed E-state index contributed by atoms with van der Waals surface area (Å²) in [6.07, 6.45) is 0.993. The SMILES string of the molecule is CS(=O)(=O)[C@@H](CO)[C@H](N)c1cccc(F)c1. The molecule has 0 bridgehead atoms. The Kier molecular flexibility index (Phi) is 4.01. The van der Waals surface area contributed by atoms with Crippen molar-refractivity contribution in [1.29, 1.82) is 0 Å². The predicted molar refractivity (Wildman–Crippen MR) is 59.0 cm³/mol. The van der Waals surface area contributed by atoms with Crippen LogP contribution in [-0.4, -0.2) is 31.6 Å². The van der Waals surface area contributed by atoms with E-state index in [2.05, 4.69) is 0 Å². The summed E-state index contributed by atoms with van der Waals surface area (Å²) in [6, 6.07) is 4.45. The smallest absolute Gasteiger partial charge is 0.154 e. The number of hydrogen-bond acceptors (Lipinski definition) is 4. The summed E-state index contributed by atoms with van der Waals surface area (Å²) < 4.78 is 35.6. The summed E-state index contributed by atoms with van der Waals surface area (Å²) >= 11 is 0. The van der Waals surface area contributed by atoms with Crippen LogP contribution in [0.2, 0.25) is 0 Å². The molecule has 90 valence electrons. The van der Waals surface area contributed by atoms with E-state index < -0.39 is 33.6 Å². The molecule has 0 aliphatic heterocycles. The van der Waals surface area contributed by atoms with Crippen LogP contribution in [0.5, 0.6) is 0 Å². The maximum Gasteiger partial charge on any atom is 0.154 e. The lowest BCUT2D eigenvalue weighted by molar-refractivity contribution is 0.278. The summed E-state index contributed by atoms with van der Waals surface area (Å²) in [5.74, 6) is -0.488. The lowest BCUT2D eigenvalue weighted by atomic mass is 10.0. The molecule has 16 heavy (non-hydrogen) atoms. The molecule has 3 N–H and O–H groups in total. The van der Waals surface area contributed by atoms with Crippen molar-refractivity contribution in [3.05, 3.63) is 35.6 Å². The number of benzene rings is 1. The minimum Gasteiger partial charge on any atom is -0.395 e. The molecule has 0 spiro atoms. The molecule has 1 aromatic rings. The Morgan fingerprint density at radius 2 is 2.12 bits per heavy atom. The van der Waals surface area contributed by atoms with E-state index in [1.807, 2.05) is 0 Å². The number of nitrogens with two attached hydrogens (primary N) is 1. The topological polar surface area (TPSA) is 80.4 Å². The number of halogens is 1. The summed E-state index contributed by atoms with van der Waals surface area (Å²) in [7, 11) is -3.47. The number of sulfone groups is 1. The molecule has 0 amide bonds. The van der Waals surface area contributed by atoms with E-state index in [-0.39, 0.29) is 0 Å². The highest BCUT2D eigenvalue weighted by Crippen LogP contribution is 2.19. The van der Waals surface area contributed by atoms with E-state index in [9.17, 15) is 12.8 Å². The van der Waals surface area contributed by atoms with Crippen LogP contribution in [0.15, 0.2) is 24.3 Å². The first-order valence-electron chi connectivity index (χ1n) is 4.67. The maximum absolute atomic E-state index is 12.9. The zero-order chi connectivity index (χ0) is 12.3. The normalized spacial score (nSPS) is 15.8. The Balaban J connectivity index is 3.05. The molecule has 0 aliphatic rings. The highest BCUT2D eigenvalue weighted by Gasteiger charge is 2.28. The Bertz CT molecular complexity index is 461. The molecule has 2 atom stereocenters. The van der Waals surface area contributed by atoms with Gasteiger partial charge in [-0.05, 0) is 17.7 Å². The summed E-state index contributed by atoms with van der Waals surface area (Å²) in [5, 5.41) is 7.89. The van der Waals surface area contributed by atoms with Gasteiger partial charge in [0.05, 0.1) is 6.61 Å². The largest absolute Gasteiger partial charge is 0.395 e. The fourth-order valence-corrected chi connectivity index (χ4v) is 2.40. The predicted octanol–water partition coefficient (Wildman–Crippen LogP) is 0.231. The number of rotatable bonds is 4. The third-order valence-electron chi connectivity index (χ3n) is 2.36. The van der Waals surface area contributed by atoms with Gasteiger partial charge < -0.3 is 10.8 Å². The lowest BCUT2D eigenvalue weighted by Crippen LogP contribution is -2.36. The third kappa shape index (κ3) is 3.01. The van der Waals surface area contributed by atoms with Gasteiger partial charge >= 0.3 is 0 Å². The third-order valence-corrected chi connectivity index (χ3v) is 3.91. The van der Waals surface area contributed by atoms with Crippen molar-refractivity contribution in [3.63, 3.8) is 0 Å². The second-order valence-corrected chi connectivity index (χ2v) is 5.90. The number of hydrogen-bond donors (Lipinski definition) is 2. The van der Waals surface area contributed by atoms with Gasteiger partial charge in [0.2, 0.25) is 0 Å². The van der Waals surface area contributed by atoms with Crippen LogP contribution in [0.3, 0.4) is 0 Å². The molecule has 0 aliphatic carbocycles. The molecule has 1 aromatic carbocycles. The fraction of sp³-hybridized carbons (Fsp3) is 0.400. The molecule has 0 heterocycles. The molecule has 6 heteroatoms. The zero-order valence-corrected chi connectivity index (χ0v) is 9.61. The van der Waals surface area contributed by atoms with E-state index in [0.29, 0.717) is 5.56 Å². The Morgan fingerprint density at radius 3 is 2.56 bits per heavy atom. The van der Waals surface area contributed by atoms with Crippen LogP contribution in [0.25, 0.3) is 0 Å². The summed E-state index contributed by atoms with van der Waals surface area (Å²) in [5.41, 5.74) is 6.05. The quantitative estimate of drug-likeness (QED) is 0.798. The zero-order valence-electron chi connectivity index (χ0n) is 8.80. The van der Waals surface area contributed by atoms with E-state index in [1.165, 1.54) is 24.3 Å². The lowest BCUT2D eigenvalue weighted by Gasteiger charge is -2.20. The van der Waals surface area contributed by atoms with Crippen LogP contribution in [0.1, 0.15) is 11.6 Å². The second-order valence-electron chi connectivity index (χ2n) is 3.63. The van der Waals surface area contributed by atoms with Crippen LogP contribution >= 0.6 is 0 Å². The van der Waals surface area contributed by atoms with Crippen LogP contribution < -0.4 is 5.73 Å². The minimum atomic E-state index is -3.47. The van der Waals surface area contributed by atoms with Crippen molar-refractivity contribution in [3.8, 4) is 0 Å². The Morgan fingerprint density at radius 1 is 1.50 bits per heavy atom. The van der Waals surface area contributed by atoms with Crippen molar-refractivity contribution in [2.75, 3.05) is 12.9 Å². The van der Waals surface area contributed by atoms with Gasteiger partial charge in [0.1, 0.15) is 11.1 Å².